The van der Waals surface area contributed by atoms with Crippen molar-refractivity contribution in [2.45, 2.75) is 19.4 Å². The summed E-state index contributed by atoms with van der Waals surface area (Å²) < 4.78 is 10.7. The highest BCUT2D eigenvalue weighted by Crippen LogP contribution is 2.41. The summed E-state index contributed by atoms with van der Waals surface area (Å²) in [5.74, 6) is 1.66. The Bertz CT molecular complexity index is 392. The predicted molar refractivity (Wildman–Crippen MR) is 58.8 cm³/mol. The fraction of sp³-hybridized carbons (Fsp3) is 0.455. The van der Waals surface area contributed by atoms with E-state index in [2.05, 4.69) is 17.6 Å². The Labute approximate surface area is 88.6 Å². The van der Waals surface area contributed by atoms with Gasteiger partial charge in [0.05, 0.1) is 11.4 Å². The fourth-order valence-electron chi connectivity index (χ4n) is 1.96. The van der Waals surface area contributed by atoms with Crippen LogP contribution < -0.4 is 20.1 Å². The van der Waals surface area contributed by atoms with Crippen molar-refractivity contribution in [1.29, 1.82) is 0 Å². The van der Waals surface area contributed by atoms with Gasteiger partial charge in [-0.1, -0.05) is 6.92 Å². The molecule has 4 heteroatoms. The van der Waals surface area contributed by atoms with E-state index in [1.54, 1.807) is 0 Å². The second-order valence-electron chi connectivity index (χ2n) is 3.88. The van der Waals surface area contributed by atoms with Crippen LogP contribution in [0, 0.1) is 0 Å². The lowest BCUT2D eigenvalue weighted by Gasteiger charge is -2.27. The molecule has 0 radical (unpaired) electrons. The molecule has 0 aliphatic carbocycles. The third kappa shape index (κ3) is 1.37. The monoisotopic (exact) mass is 206 g/mol. The summed E-state index contributed by atoms with van der Waals surface area (Å²) in [6.07, 6.45) is 1.11. The molecule has 1 aromatic rings. The lowest BCUT2D eigenvalue weighted by molar-refractivity contribution is 0.174. The third-order valence-corrected chi connectivity index (χ3v) is 2.90. The van der Waals surface area contributed by atoms with E-state index in [4.69, 9.17) is 9.47 Å². The molecule has 4 nitrogen and oxygen atoms in total. The highest BCUT2D eigenvalue weighted by molar-refractivity contribution is 5.76. The first-order valence-corrected chi connectivity index (χ1v) is 5.31. The Hall–Kier alpha value is -1.58. The molecule has 0 saturated heterocycles. The van der Waals surface area contributed by atoms with Gasteiger partial charge in [0, 0.05) is 24.7 Å². The van der Waals surface area contributed by atoms with Crippen molar-refractivity contribution in [2.75, 3.05) is 24.0 Å². The van der Waals surface area contributed by atoms with Crippen LogP contribution in [-0.2, 0) is 0 Å². The van der Waals surface area contributed by atoms with Crippen molar-refractivity contribution in [3.63, 3.8) is 0 Å². The SMILES string of the molecule is CCC1CNc2cc3c(cc2N1)OCO3. The van der Waals surface area contributed by atoms with E-state index in [0.29, 0.717) is 12.8 Å². The Morgan fingerprint density at radius 1 is 1.27 bits per heavy atom. The van der Waals surface area contributed by atoms with Gasteiger partial charge < -0.3 is 20.1 Å². The average molecular weight is 206 g/mol. The first-order valence-electron chi connectivity index (χ1n) is 5.31. The second-order valence-corrected chi connectivity index (χ2v) is 3.88. The summed E-state index contributed by atoms with van der Waals surface area (Å²) >= 11 is 0. The number of hydrogen-bond acceptors (Lipinski definition) is 4. The van der Waals surface area contributed by atoms with E-state index in [1.165, 1.54) is 0 Å². The minimum Gasteiger partial charge on any atom is -0.454 e. The Kier molecular flexibility index (Phi) is 1.87. The first kappa shape index (κ1) is 8.71. The van der Waals surface area contributed by atoms with E-state index in [0.717, 1.165) is 35.8 Å². The van der Waals surface area contributed by atoms with E-state index >= 15 is 0 Å². The zero-order valence-electron chi connectivity index (χ0n) is 8.67. The highest BCUT2D eigenvalue weighted by atomic mass is 16.7. The molecule has 2 heterocycles. The van der Waals surface area contributed by atoms with E-state index < -0.39 is 0 Å². The smallest absolute Gasteiger partial charge is 0.231 e. The van der Waals surface area contributed by atoms with Crippen LogP contribution >= 0.6 is 0 Å². The molecule has 1 atom stereocenters. The Morgan fingerprint density at radius 2 is 2.00 bits per heavy atom. The maximum Gasteiger partial charge on any atom is 0.231 e. The zero-order valence-corrected chi connectivity index (χ0v) is 8.67. The standard InChI is InChI=1S/C11H14N2O2/c1-2-7-5-12-8-3-10-11(15-6-14-10)4-9(8)13-7/h3-4,7,12-13H,2,5-6H2,1H3. The molecule has 0 aromatic heterocycles. The maximum atomic E-state index is 5.34. The normalized spacial score (nSPS) is 21.5. The number of ether oxygens (including phenoxy) is 2. The molecular weight excluding hydrogens is 192 g/mol. The summed E-state index contributed by atoms with van der Waals surface area (Å²) in [6.45, 7) is 3.47. The molecule has 2 aliphatic heterocycles. The number of hydrogen-bond donors (Lipinski definition) is 2. The molecule has 0 fully saturated rings. The molecule has 15 heavy (non-hydrogen) atoms. The minimum absolute atomic E-state index is 0.329. The molecule has 0 spiro atoms. The summed E-state index contributed by atoms with van der Waals surface area (Å²) in [5.41, 5.74) is 2.21. The van der Waals surface area contributed by atoms with Crippen LogP contribution in [0.1, 0.15) is 13.3 Å². The fourth-order valence-corrected chi connectivity index (χ4v) is 1.96. The van der Waals surface area contributed by atoms with Crippen molar-refractivity contribution in [3.05, 3.63) is 12.1 Å². The number of fused-ring (bicyclic) bond motifs is 2. The van der Waals surface area contributed by atoms with Gasteiger partial charge in [-0.05, 0) is 6.42 Å². The highest BCUT2D eigenvalue weighted by Gasteiger charge is 2.21. The van der Waals surface area contributed by atoms with Gasteiger partial charge in [-0.3, -0.25) is 0 Å². The lowest BCUT2D eigenvalue weighted by atomic mass is 10.1. The maximum absolute atomic E-state index is 5.34. The molecular formula is C11H14N2O2. The van der Waals surface area contributed by atoms with Crippen LogP contribution in [0.15, 0.2) is 12.1 Å². The molecule has 0 bridgehead atoms. The van der Waals surface area contributed by atoms with Crippen LogP contribution in [0.25, 0.3) is 0 Å². The molecule has 80 valence electrons. The quantitative estimate of drug-likeness (QED) is 0.737. The van der Waals surface area contributed by atoms with Crippen molar-refractivity contribution in [1.82, 2.24) is 0 Å². The van der Waals surface area contributed by atoms with Gasteiger partial charge in [-0.25, -0.2) is 0 Å². The average Bonchev–Trinajstić information content (AvgIpc) is 2.72. The van der Waals surface area contributed by atoms with Gasteiger partial charge in [0.1, 0.15) is 0 Å². The van der Waals surface area contributed by atoms with Gasteiger partial charge >= 0.3 is 0 Å². The third-order valence-electron chi connectivity index (χ3n) is 2.90. The van der Waals surface area contributed by atoms with E-state index in [-0.39, 0.29) is 0 Å². The lowest BCUT2D eigenvalue weighted by Crippen LogP contribution is -2.32. The molecule has 1 aromatic carbocycles. The Morgan fingerprint density at radius 3 is 2.73 bits per heavy atom. The van der Waals surface area contributed by atoms with Crippen LogP contribution in [0.3, 0.4) is 0 Å². The molecule has 2 N–H and O–H groups in total. The van der Waals surface area contributed by atoms with Crippen LogP contribution in [0.4, 0.5) is 11.4 Å². The van der Waals surface area contributed by atoms with Crippen molar-refractivity contribution in [3.8, 4) is 11.5 Å². The van der Waals surface area contributed by atoms with Gasteiger partial charge in [0.25, 0.3) is 0 Å². The second kappa shape index (κ2) is 3.22. The van der Waals surface area contributed by atoms with Gasteiger partial charge in [0.15, 0.2) is 11.5 Å². The number of rotatable bonds is 1. The Balaban J connectivity index is 1.97. The summed E-state index contributed by atoms with van der Waals surface area (Å²) in [6, 6.07) is 4.50. The largest absolute Gasteiger partial charge is 0.454 e. The van der Waals surface area contributed by atoms with E-state index in [1.807, 2.05) is 12.1 Å². The molecule has 0 saturated carbocycles. The summed E-state index contributed by atoms with van der Waals surface area (Å²) in [5, 5.41) is 6.87. The summed E-state index contributed by atoms with van der Waals surface area (Å²) in [7, 11) is 0. The van der Waals surface area contributed by atoms with E-state index in [9.17, 15) is 0 Å². The molecule has 1 unspecified atom stereocenters. The minimum atomic E-state index is 0.329. The van der Waals surface area contributed by atoms with Crippen molar-refractivity contribution < 1.29 is 9.47 Å². The molecule has 3 rings (SSSR count). The van der Waals surface area contributed by atoms with Gasteiger partial charge in [-0.2, -0.15) is 0 Å². The van der Waals surface area contributed by atoms with Crippen LogP contribution in [-0.4, -0.2) is 19.4 Å². The van der Waals surface area contributed by atoms with Crippen molar-refractivity contribution >= 4 is 11.4 Å². The molecule has 2 aliphatic rings. The number of anilines is 2. The topological polar surface area (TPSA) is 42.5 Å². The van der Waals surface area contributed by atoms with Crippen LogP contribution in [0.2, 0.25) is 0 Å². The summed E-state index contributed by atoms with van der Waals surface area (Å²) in [4.78, 5) is 0. The van der Waals surface area contributed by atoms with Gasteiger partial charge in [0.2, 0.25) is 6.79 Å². The first-order chi connectivity index (χ1) is 7.36. The predicted octanol–water partition coefficient (Wildman–Crippen LogP) is 2.03. The molecule has 0 amide bonds. The number of benzene rings is 1. The van der Waals surface area contributed by atoms with Gasteiger partial charge in [-0.15, -0.1) is 0 Å². The van der Waals surface area contributed by atoms with Crippen molar-refractivity contribution in [2.24, 2.45) is 0 Å². The number of nitrogens with one attached hydrogen (secondary N) is 2. The zero-order chi connectivity index (χ0) is 10.3. The van der Waals surface area contributed by atoms with Crippen LogP contribution in [0.5, 0.6) is 11.5 Å².